The van der Waals surface area contributed by atoms with Crippen LogP contribution in [0.25, 0.3) is 0 Å². The molecular formula is C15H16BrClN2. The van der Waals surface area contributed by atoms with Crippen molar-refractivity contribution in [3.63, 3.8) is 0 Å². The highest BCUT2D eigenvalue weighted by atomic mass is 79.9. The van der Waals surface area contributed by atoms with Gasteiger partial charge in [0.15, 0.2) is 0 Å². The molecule has 0 aliphatic carbocycles. The molecule has 2 aromatic carbocycles. The Labute approximate surface area is 127 Å². The average Bonchev–Trinajstić information content (AvgIpc) is 2.34. The van der Waals surface area contributed by atoms with E-state index in [1.807, 2.05) is 30.3 Å². The Kier molecular flexibility index (Phi) is 4.86. The van der Waals surface area contributed by atoms with Gasteiger partial charge in [0.05, 0.1) is 0 Å². The average molecular weight is 340 g/mol. The first kappa shape index (κ1) is 14.4. The maximum Gasteiger partial charge on any atom is 0.0410 e. The van der Waals surface area contributed by atoms with Crippen LogP contribution in [0.3, 0.4) is 0 Å². The van der Waals surface area contributed by atoms with Gasteiger partial charge >= 0.3 is 0 Å². The first-order valence-electron chi connectivity index (χ1n) is 6.01. The molecular weight excluding hydrogens is 324 g/mol. The first-order chi connectivity index (χ1) is 9.04. The molecule has 0 heterocycles. The number of benzene rings is 2. The lowest BCUT2D eigenvalue weighted by molar-refractivity contribution is 0.319. The third-order valence-electron chi connectivity index (χ3n) is 2.89. The van der Waals surface area contributed by atoms with Crippen LogP contribution in [0, 0.1) is 0 Å². The summed E-state index contributed by atoms with van der Waals surface area (Å²) in [6.45, 7) is 1.64. The molecule has 0 aliphatic rings. The van der Waals surface area contributed by atoms with Crippen molar-refractivity contribution in [2.45, 2.75) is 13.1 Å². The highest BCUT2D eigenvalue weighted by Crippen LogP contribution is 2.20. The molecule has 0 aromatic heterocycles. The Morgan fingerprint density at radius 1 is 1.16 bits per heavy atom. The van der Waals surface area contributed by atoms with Crippen LogP contribution in [0.1, 0.15) is 11.1 Å². The Morgan fingerprint density at radius 3 is 2.68 bits per heavy atom. The minimum absolute atomic E-state index is 0.722. The summed E-state index contributed by atoms with van der Waals surface area (Å²) in [5.74, 6) is 0. The second-order valence-corrected chi connectivity index (χ2v) is 6.00. The van der Waals surface area contributed by atoms with Crippen LogP contribution in [0.2, 0.25) is 5.02 Å². The number of anilines is 1. The zero-order valence-electron chi connectivity index (χ0n) is 10.7. The van der Waals surface area contributed by atoms with E-state index in [0.29, 0.717) is 0 Å². The minimum Gasteiger partial charge on any atom is -0.398 e. The van der Waals surface area contributed by atoms with Crippen molar-refractivity contribution in [1.29, 1.82) is 0 Å². The Hall–Kier alpha value is -1.03. The van der Waals surface area contributed by atoms with Crippen molar-refractivity contribution in [3.05, 3.63) is 63.1 Å². The predicted molar refractivity (Wildman–Crippen MR) is 85.2 cm³/mol. The third kappa shape index (κ3) is 4.23. The van der Waals surface area contributed by atoms with E-state index >= 15 is 0 Å². The quantitative estimate of drug-likeness (QED) is 0.841. The van der Waals surface area contributed by atoms with Crippen molar-refractivity contribution >= 4 is 33.2 Å². The second-order valence-electron chi connectivity index (χ2n) is 4.65. The lowest BCUT2D eigenvalue weighted by atomic mass is 10.1. The van der Waals surface area contributed by atoms with Gasteiger partial charge in [-0.2, -0.15) is 0 Å². The molecule has 19 heavy (non-hydrogen) atoms. The van der Waals surface area contributed by atoms with Crippen molar-refractivity contribution in [2.75, 3.05) is 12.8 Å². The maximum atomic E-state index is 6.00. The van der Waals surface area contributed by atoms with Gasteiger partial charge in [0.25, 0.3) is 0 Å². The van der Waals surface area contributed by atoms with Crippen LogP contribution in [-0.2, 0) is 13.1 Å². The minimum atomic E-state index is 0.722. The highest BCUT2D eigenvalue weighted by Gasteiger charge is 2.06. The van der Waals surface area contributed by atoms with E-state index in [4.69, 9.17) is 17.3 Å². The lowest BCUT2D eigenvalue weighted by Gasteiger charge is -2.18. The molecule has 100 valence electrons. The predicted octanol–water partition coefficient (Wildman–Crippen LogP) is 4.32. The third-order valence-corrected chi connectivity index (χ3v) is 3.62. The molecule has 0 amide bonds. The van der Waals surface area contributed by atoms with Crippen molar-refractivity contribution in [2.24, 2.45) is 0 Å². The van der Waals surface area contributed by atoms with Gasteiger partial charge in [-0.15, -0.1) is 0 Å². The van der Waals surface area contributed by atoms with Crippen LogP contribution in [0.5, 0.6) is 0 Å². The van der Waals surface area contributed by atoms with Crippen molar-refractivity contribution < 1.29 is 0 Å². The number of rotatable bonds is 4. The molecule has 0 radical (unpaired) electrons. The molecule has 4 heteroatoms. The van der Waals surface area contributed by atoms with Crippen LogP contribution in [0.4, 0.5) is 5.69 Å². The van der Waals surface area contributed by atoms with Gasteiger partial charge in [-0.3, -0.25) is 4.90 Å². The molecule has 0 atom stereocenters. The molecule has 2 rings (SSSR count). The van der Waals surface area contributed by atoms with E-state index < -0.39 is 0 Å². The summed E-state index contributed by atoms with van der Waals surface area (Å²) in [4.78, 5) is 2.21. The van der Waals surface area contributed by atoms with Gasteiger partial charge in [-0.05, 0) is 48.5 Å². The topological polar surface area (TPSA) is 29.3 Å². The summed E-state index contributed by atoms with van der Waals surface area (Å²) in [6, 6.07) is 13.9. The van der Waals surface area contributed by atoms with Crippen LogP contribution >= 0.6 is 27.5 Å². The van der Waals surface area contributed by atoms with Gasteiger partial charge in [-0.25, -0.2) is 0 Å². The first-order valence-corrected chi connectivity index (χ1v) is 7.18. The SMILES string of the molecule is CN(Cc1cccc(Br)c1)Cc1cc(Cl)ccc1N. The largest absolute Gasteiger partial charge is 0.398 e. The normalized spacial score (nSPS) is 10.9. The highest BCUT2D eigenvalue weighted by molar-refractivity contribution is 9.10. The fourth-order valence-corrected chi connectivity index (χ4v) is 2.65. The smallest absolute Gasteiger partial charge is 0.0410 e. The fourth-order valence-electron chi connectivity index (χ4n) is 2.00. The Morgan fingerprint density at radius 2 is 1.95 bits per heavy atom. The number of nitrogen functional groups attached to an aromatic ring is 1. The van der Waals surface area contributed by atoms with Crippen LogP contribution in [-0.4, -0.2) is 11.9 Å². The molecule has 2 nitrogen and oxygen atoms in total. The number of nitrogens with two attached hydrogens (primary N) is 1. The Bertz CT molecular complexity index is 572. The summed E-state index contributed by atoms with van der Waals surface area (Å²) in [5.41, 5.74) is 9.07. The number of hydrogen-bond acceptors (Lipinski definition) is 2. The van der Waals surface area contributed by atoms with Gasteiger partial charge in [0, 0.05) is 28.3 Å². The van der Waals surface area contributed by atoms with Crippen molar-refractivity contribution in [3.8, 4) is 0 Å². The zero-order chi connectivity index (χ0) is 13.8. The summed E-state index contributed by atoms with van der Waals surface area (Å²) in [5, 5.41) is 0.722. The zero-order valence-corrected chi connectivity index (χ0v) is 13.1. The monoisotopic (exact) mass is 338 g/mol. The molecule has 0 aliphatic heterocycles. The number of hydrogen-bond donors (Lipinski definition) is 1. The fraction of sp³-hybridized carbons (Fsp3) is 0.200. The van der Waals surface area contributed by atoms with E-state index in [0.717, 1.165) is 33.8 Å². The van der Waals surface area contributed by atoms with Crippen LogP contribution in [0.15, 0.2) is 46.9 Å². The van der Waals surface area contributed by atoms with E-state index in [1.165, 1.54) is 5.56 Å². The van der Waals surface area contributed by atoms with Crippen LogP contribution < -0.4 is 5.73 Å². The van der Waals surface area contributed by atoms with Crippen molar-refractivity contribution in [1.82, 2.24) is 4.90 Å². The van der Waals surface area contributed by atoms with Gasteiger partial charge in [0.1, 0.15) is 0 Å². The Balaban J connectivity index is 2.05. The molecule has 0 fully saturated rings. The molecule has 2 N–H and O–H groups in total. The van der Waals surface area contributed by atoms with E-state index in [2.05, 4.69) is 40.0 Å². The summed E-state index contributed by atoms with van der Waals surface area (Å²) >= 11 is 9.49. The van der Waals surface area contributed by atoms with E-state index in [9.17, 15) is 0 Å². The molecule has 0 spiro atoms. The molecule has 0 saturated heterocycles. The maximum absolute atomic E-state index is 6.00. The number of nitrogens with zero attached hydrogens (tertiary/aromatic N) is 1. The number of halogens is 2. The summed E-state index contributed by atoms with van der Waals surface area (Å²) in [6.07, 6.45) is 0. The lowest BCUT2D eigenvalue weighted by Crippen LogP contribution is -2.18. The molecule has 2 aromatic rings. The summed E-state index contributed by atoms with van der Waals surface area (Å²) in [7, 11) is 2.07. The molecule has 0 unspecified atom stereocenters. The standard InChI is InChI=1S/C15H16BrClN2/c1-19(9-11-3-2-4-13(16)7-11)10-12-8-14(17)5-6-15(12)18/h2-8H,9-10,18H2,1H3. The summed E-state index contributed by atoms with van der Waals surface area (Å²) < 4.78 is 1.10. The van der Waals surface area contributed by atoms with E-state index in [1.54, 1.807) is 0 Å². The second kappa shape index (κ2) is 6.42. The van der Waals surface area contributed by atoms with E-state index in [-0.39, 0.29) is 0 Å². The van der Waals surface area contributed by atoms with Gasteiger partial charge in [-0.1, -0.05) is 39.7 Å². The van der Waals surface area contributed by atoms with Gasteiger partial charge in [0.2, 0.25) is 0 Å². The van der Waals surface area contributed by atoms with Gasteiger partial charge < -0.3 is 5.73 Å². The molecule has 0 bridgehead atoms. The molecule has 0 saturated carbocycles.